The molecule has 1 aromatic rings. The minimum atomic E-state index is -0.465. The van der Waals surface area contributed by atoms with Crippen LogP contribution in [-0.4, -0.2) is 36.1 Å². The molecule has 0 aliphatic rings. The van der Waals surface area contributed by atoms with Gasteiger partial charge in [-0.25, -0.2) is 0 Å². The topological polar surface area (TPSA) is 61.7 Å². The molecular weight excluding hydrogens is 266 g/mol. The van der Waals surface area contributed by atoms with Crippen LogP contribution in [0.3, 0.4) is 0 Å². The van der Waals surface area contributed by atoms with E-state index in [0.717, 1.165) is 24.2 Å². The van der Waals surface area contributed by atoms with E-state index < -0.39 is 6.10 Å². The maximum Gasteiger partial charge on any atom is 0.0897 e. The average molecular weight is 295 g/mol. The summed E-state index contributed by atoms with van der Waals surface area (Å²) in [5.41, 5.74) is 2.05. The Balaban J connectivity index is 2.03. The molecule has 3 N–H and O–H groups in total. The van der Waals surface area contributed by atoms with Crippen LogP contribution in [0, 0.1) is 0 Å². The van der Waals surface area contributed by atoms with Gasteiger partial charge in [0.1, 0.15) is 0 Å². The molecule has 0 saturated carbocycles. The van der Waals surface area contributed by atoms with E-state index >= 15 is 0 Å². The van der Waals surface area contributed by atoms with Crippen LogP contribution < -0.4 is 5.32 Å². The van der Waals surface area contributed by atoms with Gasteiger partial charge >= 0.3 is 0 Å². The second-order valence-electron chi connectivity index (χ2n) is 5.39. The van der Waals surface area contributed by atoms with Gasteiger partial charge in [-0.3, -0.25) is 0 Å². The van der Waals surface area contributed by atoms with Gasteiger partial charge in [0.05, 0.1) is 19.3 Å². The molecule has 0 aliphatic heterocycles. The van der Waals surface area contributed by atoms with Gasteiger partial charge in [-0.05, 0) is 17.5 Å². The first-order chi connectivity index (χ1) is 10.3. The van der Waals surface area contributed by atoms with Gasteiger partial charge in [0.2, 0.25) is 0 Å². The highest BCUT2D eigenvalue weighted by atomic mass is 16.5. The van der Waals surface area contributed by atoms with E-state index in [0.29, 0.717) is 19.7 Å². The van der Waals surface area contributed by atoms with E-state index in [1.807, 2.05) is 24.3 Å². The van der Waals surface area contributed by atoms with Crippen molar-refractivity contribution in [2.24, 2.45) is 0 Å². The lowest BCUT2D eigenvalue weighted by Gasteiger charge is -2.12. The summed E-state index contributed by atoms with van der Waals surface area (Å²) in [6.07, 6.45) is 4.29. The van der Waals surface area contributed by atoms with E-state index in [-0.39, 0.29) is 6.61 Å². The lowest BCUT2D eigenvalue weighted by atomic mass is 10.1. The van der Waals surface area contributed by atoms with Crippen LogP contribution in [0.25, 0.3) is 0 Å². The van der Waals surface area contributed by atoms with E-state index in [2.05, 4.69) is 12.2 Å². The van der Waals surface area contributed by atoms with Gasteiger partial charge in [0.25, 0.3) is 0 Å². The maximum atomic E-state index is 9.79. The summed E-state index contributed by atoms with van der Waals surface area (Å²) in [6, 6.07) is 7.78. The Kier molecular flexibility index (Phi) is 10.1. The molecule has 120 valence electrons. The van der Waals surface area contributed by atoms with Crippen LogP contribution in [0.4, 0.5) is 0 Å². The van der Waals surface area contributed by atoms with Crippen molar-refractivity contribution in [2.45, 2.75) is 51.9 Å². The molecule has 0 bridgehead atoms. The standard InChI is InChI=1S/C17H29NO3/c1-2-3-4-5-10-21-14-17(20)12-18-11-15-6-8-16(13-19)9-7-15/h6-9,17-20H,2-5,10-14H2,1H3. The molecule has 0 radical (unpaired) electrons. The quantitative estimate of drug-likeness (QED) is 0.518. The van der Waals surface area contributed by atoms with Crippen LogP contribution in [0.2, 0.25) is 0 Å². The van der Waals surface area contributed by atoms with E-state index in [1.165, 1.54) is 19.3 Å². The van der Waals surface area contributed by atoms with Crippen LogP contribution in [-0.2, 0) is 17.9 Å². The number of hydrogen-bond donors (Lipinski definition) is 3. The summed E-state index contributed by atoms with van der Waals surface area (Å²) in [5.74, 6) is 0. The first kappa shape index (κ1) is 18.1. The molecule has 1 rings (SSSR count). The molecule has 21 heavy (non-hydrogen) atoms. The third-order valence-corrected chi connectivity index (χ3v) is 3.37. The smallest absolute Gasteiger partial charge is 0.0897 e. The first-order valence-electron chi connectivity index (χ1n) is 7.91. The Morgan fingerprint density at radius 3 is 2.48 bits per heavy atom. The number of nitrogens with one attached hydrogen (secondary N) is 1. The molecule has 0 fully saturated rings. The van der Waals surface area contributed by atoms with Crippen molar-refractivity contribution in [3.8, 4) is 0 Å². The fourth-order valence-electron chi connectivity index (χ4n) is 2.05. The van der Waals surface area contributed by atoms with E-state index in [1.54, 1.807) is 0 Å². The second kappa shape index (κ2) is 11.7. The molecule has 0 heterocycles. The number of rotatable bonds is 12. The highest BCUT2D eigenvalue weighted by Crippen LogP contribution is 2.04. The Labute approximate surface area is 128 Å². The number of aliphatic hydroxyl groups excluding tert-OH is 2. The predicted octanol–water partition coefficient (Wildman–Crippen LogP) is 2.23. The number of ether oxygens (including phenoxy) is 1. The molecule has 0 aliphatic carbocycles. The van der Waals surface area contributed by atoms with Gasteiger partial charge in [0, 0.05) is 19.7 Å². The maximum absolute atomic E-state index is 9.79. The zero-order chi connectivity index (χ0) is 15.3. The second-order valence-corrected chi connectivity index (χ2v) is 5.39. The summed E-state index contributed by atoms with van der Waals surface area (Å²) >= 11 is 0. The Hall–Kier alpha value is -0.940. The normalized spacial score (nSPS) is 12.5. The summed E-state index contributed by atoms with van der Waals surface area (Å²) in [6.45, 7) is 4.62. The van der Waals surface area contributed by atoms with Crippen molar-refractivity contribution >= 4 is 0 Å². The van der Waals surface area contributed by atoms with E-state index in [4.69, 9.17) is 9.84 Å². The Morgan fingerprint density at radius 1 is 1.10 bits per heavy atom. The monoisotopic (exact) mass is 295 g/mol. The predicted molar refractivity (Wildman–Crippen MR) is 85.0 cm³/mol. The minimum absolute atomic E-state index is 0.0714. The molecule has 4 heteroatoms. The van der Waals surface area contributed by atoms with Crippen LogP contribution >= 0.6 is 0 Å². The van der Waals surface area contributed by atoms with E-state index in [9.17, 15) is 5.11 Å². The lowest BCUT2D eigenvalue weighted by Crippen LogP contribution is -2.30. The zero-order valence-corrected chi connectivity index (χ0v) is 13.1. The first-order valence-corrected chi connectivity index (χ1v) is 7.91. The fourth-order valence-corrected chi connectivity index (χ4v) is 2.05. The highest BCUT2D eigenvalue weighted by molar-refractivity contribution is 5.21. The molecular formula is C17H29NO3. The third-order valence-electron chi connectivity index (χ3n) is 3.37. The summed E-state index contributed by atoms with van der Waals surface area (Å²) in [7, 11) is 0. The van der Waals surface area contributed by atoms with Crippen molar-refractivity contribution in [3.05, 3.63) is 35.4 Å². The summed E-state index contributed by atoms with van der Waals surface area (Å²) in [4.78, 5) is 0. The van der Waals surface area contributed by atoms with Gasteiger partial charge in [-0.1, -0.05) is 50.5 Å². The minimum Gasteiger partial charge on any atom is -0.392 e. The fraction of sp³-hybridized carbons (Fsp3) is 0.647. The van der Waals surface area contributed by atoms with Gasteiger partial charge in [0.15, 0.2) is 0 Å². The average Bonchev–Trinajstić information content (AvgIpc) is 2.51. The number of benzene rings is 1. The Morgan fingerprint density at radius 2 is 1.81 bits per heavy atom. The molecule has 1 atom stereocenters. The molecule has 4 nitrogen and oxygen atoms in total. The third kappa shape index (κ3) is 8.83. The molecule has 1 aromatic carbocycles. The number of aliphatic hydroxyl groups is 2. The van der Waals surface area contributed by atoms with Crippen molar-refractivity contribution in [1.29, 1.82) is 0 Å². The molecule has 0 spiro atoms. The lowest BCUT2D eigenvalue weighted by molar-refractivity contribution is 0.0353. The van der Waals surface area contributed by atoms with Gasteiger partial charge in [-0.2, -0.15) is 0 Å². The summed E-state index contributed by atoms with van der Waals surface area (Å²) < 4.78 is 5.46. The van der Waals surface area contributed by atoms with Crippen LogP contribution in [0.5, 0.6) is 0 Å². The van der Waals surface area contributed by atoms with Crippen LogP contribution in [0.1, 0.15) is 43.7 Å². The number of unbranched alkanes of at least 4 members (excludes halogenated alkanes) is 3. The largest absolute Gasteiger partial charge is 0.392 e. The molecule has 0 saturated heterocycles. The molecule has 0 amide bonds. The molecule has 0 aromatic heterocycles. The Bertz CT molecular complexity index is 354. The summed E-state index contributed by atoms with van der Waals surface area (Å²) in [5, 5.41) is 22.0. The van der Waals surface area contributed by atoms with Gasteiger partial charge < -0.3 is 20.3 Å². The van der Waals surface area contributed by atoms with Crippen molar-refractivity contribution in [3.63, 3.8) is 0 Å². The SMILES string of the molecule is CCCCCCOCC(O)CNCc1ccc(CO)cc1. The highest BCUT2D eigenvalue weighted by Gasteiger charge is 2.03. The zero-order valence-electron chi connectivity index (χ0n) is 13.1. The number of hydrogen-bond acceptors (Lipinski definition) is 4. The van der Waals surface area contributed by atoms with Gasteiger partial charge in [-0.15, -0.1) is 0 Å². The van der Waals surface area contributed by atoms with Crippen molar-refractivity contribution in [1.82, 2.24) is 5.32 Å². The van der Waals surface area contributed by atoms with Crippen LogP contribution in [0.15, 0.2) is 24.3 Å². The molecule has 1 unspecified atom stereocenters. The van der Waals surface area contributed by atoms with Crippen molar-refractivity contribution < 1.29 is 14.9 Å². The van der Waals surface area contributed by atoms with Crippen molar-refractivity contribution in [2.75, 3.05) is 19.8 Å².